The first-order valence-electron chi connectivity index (χ1n) is 7.11. The number of non-ortho nitro benzene ring substituents is 1. The first kappa shape index (κ1) is 18.0. The molecule has 0 N–H and O–H groups in total. The van der Waals surface area contributed by atoms with Gasteiger partial charge in [0.2, 0.25) is 0 Å². The second-order valence-electron chi connectivity index (χ2n) is 4.21. The van der Waals surface area contributed by atoms with Gasteiger partial charge in [0.25, 0.3) is 5.69 Å². The molecule has 0 aliphatic rings. The topological polar surface area (TPSA) is 82.3 Å². The zero-order valence-corrected chi connectivity index (χ0v) is 13.2. The first-order valence-corrected chi connectivity index (χ1v) is 7.11. The van der Waals surface area contributed by atoms with Crippen LogP contribution >= 0.6 is 0 Å². The van der Waals surface area contributed by atoms with Gasteiger partial charge in [-0.3, -0.25) is 19.9 Å². The van der Waals surface area contributed by atoms with Crippen LogP contribution in [0.2, 0.25) is 0 Å². The van der Waals surface area contributed by atoms with Gasteiger partial charge in [-0.05, 0) is 37.3 Å². The van der Waals surface area contributed by atoms with Crippen LogP contribution in [0.5, 0.6) is 11.5 Å². The number of carbonyl (C=O) groups is 1. The van der Waals surface area contributed by atoms with Crippen LogP contribution in [0.4, 0.5) is 5.69 Å². The van der Waals surface area contributed by atoms with Gasteiger partial charge in [-0.1, -0.05) is 13.8 Å². The van der Waals surface area contributed by atoms with E-state index < -0.39 is 4.92 Å². The summed E-state index contributed by atoms with van der Waals surface area (Å²) in [7, 11) is 0. The third-order valence-electron chi connectivity index (χ3n) is 2.58. The van der Waals surface area contributed by atoms with Gasteiger partial charge in [0.15, 0.2) is 5.78 Å². The summed E-state index contributed by atoms with van der Waals surface area (Å²) in [6, 6.07) is 7.40. The van der Waals surface area contributed by atoms with Gasteiger partial charge in [-0.2, -0.15) is 0 Å². The Bertz CT molecular complexity index is 694. The summed E-state index contributed by atoms with van der Waals surface area (Å²) in [5, 5.41) is 10.6. The molecule has 0 fully saturated rings. The van der Waals surface area contributed by atoms with Crippen molar-refractivity contribution in [2.75, 3.05) is 0 Å². The third-order valence-corrected chi connectivity index (χ3v) is 2.58. The van der Waals surface area contributed by atoms with E-state index in [-0.39, 0.29) is 11.5 Å². The number of ether oxygens (including phenoxy) is 1. The minimum atomic E-state index is -0.475. The molecular formula is C17H18N2O4. The molecule has 0 radical (unpaired) electrons. The van der Waals surface area contributed by atoms with Crippen molar-refractivity contribution in [3.63, 3.8) is 0 Å². The van der Waals surface area contributed by atoms with Gasteiger partial charge < -0.3 is 4.74 Å². The monoisotopic (exact) mass is 314 g/mol. The van der Waals surface area contributed by atoms with Crippen molar-refractivity contribution in [3.8, 4) is 11.5 Å². The van der Waals surface area contributed by atoms with E-state index in [1.807, 2.05) is 13.8 Å². The van der Waals surface area contributed by atoms with Crippen LogP contribution < -0.4 is 4.74 Å². The number of ketones is 1. The highest BCUT2D eigenvalue weighted by Gasteiger charge is 2.06. The Labute approximate surface area is 134 Å². The average Bonchev–Trinajstić information content (AvgIpc) is 2.56. The lowest BCUT2D eigenvalue weighted by atomic mass is 10.2. The normalized spacial score (nSPS) is 9.87. The smallest absolute Gasteiger partial charge is 0.269 e. The molecule has 0 saturated carbocycles. The van der Waals surface area contributed by atoms with Gasteiger partial charge in [-0.15, -0.1) is 0 Å². The second kappa shape index (κ2) is 9.09. The summed E-state index contributed by atoms with van der Waals surface area (Å²) >= 11 is 0. The fourth-order valence-electron chi connectivity index (χ4n) is 1.58. The summed E-state index contributed by atoms with van der Waals surface area (Å²) in [5.74, 6) is 0.890. The van der Waals surface area contributed by atoms with E-state index in [1.54, 1.807) is 24.5 Å². The maximum absolute atomic E-state index is 11.0. The van der Waals surface area contributed by atoms with Crippen molar-refractivity contribution < 1.29 is 14.5 Å². The molecule has 2 rings (SSSR count). The Morgan fingerprint density at radius 3 is 2.43 bits per heavy atom. The molecule has 6 nitrogen and oxygen atoms in total. The Kier molecular flexibility index (Phi) is 7.13. The minimum absolute atomic E-state index is 0.00576. The maximum Gasteiger partial charge on any atom is 0.269 e. The number of nitro groups is 1. The standard InChI is InChI=1S/C15H12N2O4.C2H6/c1-11(18)2-3-12-10-16-9-8-15(12)21-14-6-4-13(5-7-14)17(19)20;1-2/h2-10H,1H3;1-2H3/b3-2+;. The fourth-order valence-corrected chi connectivity index (χ4v) is 1.58. The molecule has 1 aromatic carbocycles. The zero-order chi connectivity index (χ0) is 17.2. The second-order valence-corrected chi connectivity index (χ2v) is 4.21. The van der Waals surface area contributed by atoms with Crippen molar-refractivity contribution in [2.45, 2.75) is 20.8 Å². The minimum Gasteiger partial charge on any atom is -0.457 e. The molecule has 6 heteroatoms. The molecule has 1 heterocycles. The van der Waals surface area contributed by atoms with Crippen molar-refractivity contribution in [1.82, 2.24) is 4.98 Å². The summed E-state index contributed by atoms with van der Waals surface area (Å²) in [5.41, 5.74) is 0.639. The molecule has 0 atom stereocenters. The molecule has 23 heavy (non-hydrogen) atoms. The molecule has 0 unspecified atom stereocenters. The predicted molar refractivity (Wildman–Crippen MR) is 88.5 cm³/mol. The van der Waals surface area contributed by atoms with Crippen LogP contribution in [-0.4, -0.2) is 15.7 Å². The molecule has 1 aromatic heterocycles. The highest BCUT2D eigenvalue weighted by atomic mass is 16.6. The lowest BCUT2D eigenvalue weighted by molar-refractivity contribution is -0.384. The predicted octanol–water partition coefficient (Wildman–Crippen LogP) is 4.41. The summed E-state index contributed by atoms with van der Waals surface area (Å²) in [4.78, 5) is 25.1. The van der Waals surface area contributed by atoms with Crippen molar-refractivity contribution >= 4 is 17.5 Å². The lowest BCUT2D eigenvalue weighted by Crippen LogP contribution is -1.91. The van der Waals surface area contributed by atoms with Crippen LogP contribution in [0.3, 0.4) is 0 Å². The number of nitrogens with zero attached hydrogens (tertiary/aromatic N) is 2. The van der Waals surface area contributed by atoms with E-state index >= 15 is 0 Å². The van der Waals surface area contributed by atoms with Gasteiger partial charge in [0, 0.05) is 30.1 Å². The Morgan fingerprint density at radius 1 is 1.22 bits per heavy atom. The van der Waals surface area contributed by atoms with Crippen LogP contribution in [0, 0.1) is 10.1 Å². The largest absolute Gasteiger partial charge is 0.457 e. The molecule has 0 aliphatic carbocycles. The van der Waals surface area contributed by atoms with E-state index in [9.17, 15) is 14.9 Å². The molecule has 0 spiro atoms. The van der Waals surface area contributed by atoms with Crippen LogP contribution in [0.15, 0.2) is 48.8 Å². The van der Waals surface area contributed by atoms with Gasteiger partial charge >= 0.3 is 0 Å². The first-order chi connectivity index (χ1) is 11.1. The van der Waals surface area contributed by atoms with Gasteiger partial charge in [0.05, 0.1) is 4.92 Å². The van der Waals surface area contributed by atoms with E-state index in [1.165, 1.54) is 37.3 Å². The third kappa shape index (κ3) is 5.70. The molecule has 2 aromatic rings. The number of hydrogen-bond acceptors (Lipinski definition) is 5. The maximum atomic E-state index is 11.0. The molecular weight excluding hydrogens is 296 g/mol. The number of hydrogen-bond donors (Lipinski definition) is 0. The van der Waals surface area contributed by atoms with Crippen molar-refractivity contribution in [2.24, 2.45) is 0 Å². The Balaban J connectivity index is 0.00000127. The molecule has 0 aliphatic heterocycles. The number of pyridine rings is 1. The number of carbonyl (C=O) groups excluding carboxylic acids is 1. The molecule has 0 bridgehead atoms. The number of aromatic nitrogens is 1. The fraction of sp³-hybridized carbons (Fsp3) is 0.176. The Hall–Kier alpha value is -3.02. The van der Waals surface area contributed by atoms with E-state index in [4.69, 9.17) is 4.74 Å². The molecule has 0 amide bonds. The van der Waals surface area contributed by atoms with Crippen LogP contribution in [0.1, 0.15) is 26.3 Å². The SMILES string of the molecule is CC.CC(=O)/C=C/c1cnccc1Oc1ccc([N+](=O)[O-])cc1. The number of nitro benzene ring substituents is 1. The van der Waals surface area contributed by atoms with Crippen molar-refractivity contribution in [3.05, 3.63) is 64.5 Å². The summed E-state index contributed by atoms with van der Waals surface area (Å²) in [6.45, 7) is 5.45. The molecule has 0 saturated heterocycles. The summed E-state index contributed by atoms with van der Waals surface area (Å²) in [6.07, 6.45) is 6.15. The summed E-state index contributed by atoms with van der Waals surface area (Å²) < 4.78 is 5.65. The Morgan fingerprint density at radius 2 is 1.87 bits per heavy atom. The quantitative estimate of drug-likeness (QED) is 0.464. The van der Waals surface area contributed by atoms with Crippen LogP contribution in [-0.2, 0) is 4.79 Å². The van der Waals surface area contributed by atoms with Crippen LogP contribution in [0.25, 0.3) is 6.08 Å². The molecule has 120 valence electrons. The number of benzene rings is 1. The number of allylic oxidation sites excluding steroid dienone is 1. The van der Waals surface area contributed by atoms with E-state index in [0.717, 1.165) is 0 Å². The van der Waals surface area contributed by atoms with E-state index in [0.29, 0.717) is 17.1 Å². The zero-order valence-electron chi connectivity index (χ0n) is 13.2. The number of rotatable bonds is 5. The lowest BCUT2D eigenvalue weighted by Gasteiger charge is -2.07. The van der Waals surface area contributed by atoms with Gasteiger partial charge in [0.1, 0.15) is 11.5 Å². The average molecular weight is 314 g/mol. The highest BCUT2D eigenvalue weighted by molar-refractivity contribution is 5.91. The van der Waals surface area contributed by atoms with Gasteiger partial charge in [-0.25, -0.2) is 0 Å². The van der Waals surface area contributed by atoms with E-state index in [2.05, 4.69) is 4.98 Å². The van der Waals surface area contributed by atoms with Crippen molar-refractivity contribution in [1.29, 1.82) is 0 Å². The highest BCUT2D eigenvalue weighted by Crippen LogP contribution is 2.26.